The lowest BCUT2D eigenvalue weighted by atomic mass is 9.78. The monoisotopic (exact) mass is 351 g/mol. The maximum absolute atomic E-state index is 13.2. The Bertz CT molecular complexity index is 568. The van der Waals surface area contributed by atoms with Gasteiger partial charge >= 0.3 is 5.97 Å². The van der Waals surface area contributed by atoms with E-state index in [2.05, 4.69) is 19.2 Å². The van der Waals surface area contributed by atoms with Crippen molar-refractivity contribution in [1.29, 1.82) is 0 Å². The van der Waals surface area contributed by atoms with E-state index in [-0.39, 0.29) is 17.3 Å². The minimum atomic E-state index is -0.735. The van der Waals surface area contributed by atoms with Crippen LogP contribution in [0.3, 0.4) is 0 Å². The van der Waals surface area contributed by atoms with Gasteiger partial charge in [-0.15, -0.1) is 0 Å². The third-order valence-electron chi connectivity index (χ3n) is 5.38. The highest BCUT2D eigenvalue weighted by molar-refractivity contribution is 5.69. The molecular weight excluding hydrogens is 321 g/mol. The molecule has 0 bridgehead atoms. The summed E-state index contributed by atoms with van der Waals surface area (Å²) in [7, 11) is 0. The van der Waals surface area contributed by atoms with Crippen molar-refractivity contribution in [3.05, 3.63) is 35.6 Å². The van der Waals surface area contributed by atoms with E-state index in [1.165, 1.54) is 12.1 Å². The van der Waals surface area contributed by atoms with Gasteiger partial charge in [0.2, 0.25) is 0 Å². The molecule has 1 aromatic rings. The third kappa shape index (κ3) is 6.40. The molecule has 0 saturated heterocycles. The molecule has 0 aromatic heterocycles. The molecule has 0 heterocycles. The summed E-state index contributed by atoms with van der Waals surface area (Å²) in [5.41, 5.74) is 0.452. The van der Waals surface area contributed by atoms with Gasteiger partial charge in [-0.25, -0.2) is 4.39 Å². The van der Waals surface area contributed by atoms with E-state index in [0.717, 1.165) is 38.5 Å². The highest BCUT2D eigenvalue weighted by atomic mass is 19.1. The van der Waals surface area contributed by atoms with Gasteiger partial charge in [0.1, 0.15) is 5.82 Å². The second-order valence-electron chi connectivity index (χ2n) is 7.93. The zero-order chi connectivity index (χ0) is 18.4. The fraction of sp³-hybridized carbons (Fsp3) is 0.650. The Balaban J connectivity index is 1.73. The summed E-state index contributed by atoms with van der Waals surface area (Å²) in [6.45, 7) is 4.59. The Labute approximate surface area is 149 Å². The van der Waals surface area contributed by atoms with Crippen molar-refractivity contribution in [2.24, 2.45) is 11.8 Å². The highest BCUT2D eigenvalue weighted by Gasteiger charge is 2.27. The number of rotatable bonds is 8. The van der Waals surface area contributed by atoms with E-state index in [9.17, 15) is 14.3 Å². The predicted octanol–water partition coefficient (Wildman–Crippen LogP) is 3.90. The summed E-state index contributed by atoms with van der Waals surface area (Å²) >= 11 is 0. The molecule has 1 fully saturated rings. The largest absolute Gasteiger partial charge is 0.481 e. The van der Waals surface area contributed by atoms with E-state index in [4.69, 9.17) is 5.11 Å². The molecule has 1 unspecified atom stereocenters. The summed E-state index contributed by atoms with van der Waals surface area (Å²) < 4.78 is 13.2. The second-order valence-corrected chi connectivity index (χ2v) is 7.93. The molecule has 25 heavy (non-hydrogen) atoms. The van der Waals surface area contributed by atoms with E-state index >= 15 is 0 Å². The Kier molecular flexibility index (Phi) is 6.96. The maximum atomic E-state index is 13.2. The first-order valence-electron chi connectivity index (χ1n) is 9.18. The topological polar surface area (TPSA) is 69.6 Å². The van der Waals surface area contributed by atoms with Crippen molar-refractivity contribution in [1.82, 2.24) is 5.32 Å². The molecule has 5 heteroatoms. The molecule has 1 aliphatic carbocycles. The Morgan fingerprint density at radius 1 is 1.32 bits per heavy atom. The SMILES string of the molecule is CC(C)(CCC1CCC(C(=O)O)CC1)NCC(O)c1cccc(F)c1. The highest BCUT2D eigenvalue weighted by Crippen LogP contribution is 2.33. The van der Waals surface area contributed by atoms with Crippen LogP contribution in [0.5, 0.6) is 0 Å². The van der Waals surface area contributed by atoms with Gasteiger partial charge in [0.05, 0.1) is 12.0 Å². The summed E-state index contributed by atoms with van der Waals surface area (Å²) in [6, 6.07) is 6.06. The fourth-order valence-corrected chi connectivity index (χ4v) is 3.56. The number of carbonyl (C=O) groups is 1. The number of nitrogens with one attached hydrogen (secondary N) is 1. The van der Waals surface area contributed by atoms with Crippen LogP contribution in [0.2, 0.25) is 0 Å². The minimum absolute atomic E-state index is 0.127. The predicted molar refractivity (Wildman–Crippen MR) is 95.8 cm³/mol. The van der Waals surface area contributed by atoms with Gasteiger partial charge in [-0.2, -0.15) is 0 Å². The van der Waals surface area contributed by atoms with Gasteiger partial charge in [0, 0.05) is 12.1 Å². The summed E-state index contributed by atoms with van der Waals surface area (Å²) in [6.07, 6.45) is 4.82. The lowest BCUT2D eigenvalue weighted by Crippen LogP contribution is -2.42. The van der Waals surface area contributed by atoms with Crippen LogP contribution in [0.15, 0.2) is 24.3 Å². The molecule has 0 radical (unpaired) electrons. The van der Waals surface area contributed by atoms with Crippen molar-refractivity contribution >= 4 is 5.97 Å². The van der Waals surface area contributed by atoms with E-state index in [1.807, 2.05) is 0 Å². The van der Waals surface area contributed by atoms with Gasteiger partial charge in [-0.3, -0.25) is 4.79 Å². The minimum Gasteiger partial charge on any atom is -0.481 e. The third-order valence-corrected chi connectivity index (χ3v) is 5.38. The molecule has 4 nitrogen and oxygen atoms in total. The molecule has 0 spiro atoms. The molecular formula is C20H30FNO3. The molecule has 1 saturated carbocycles. The molecule has 140 valence electrons. The van der Waals surface area contributed by atoms with Crippen LogP contribution < -0.4 is 5.32 Å². The van der Waals surface area contributed by atoms with Crippen LogP contribution in [0.4, 0.5) is 4.39 Å². The van der Waals surface area contributed by atoms with Gasteiger partial charge in [-0.05, 0) is 76.0 Å². The normalized spacial score (nSPS) is 22.6. The average Bonchev–Trinajstić information content (AvgIpc) is 2.58. The Morgan fingerprint density at radius 2 is 2.00 bits per heavy atom. The number of carboxylic acid groups (broad SMARTS) is 1. The number of carboxylic acids is 1. The van der Waals surface area contributed by atoms with Gasteiger partial charge in [0.25, 0.3) is 0 Å². The molecule has 3 N–H and O–H groups in total. The number of aliphatic hydroxyl groups excluding tert-OH is 1. The van der Waals surface area contributed by atoms with Crippen molar-refractivity contribution < 1.29 is 19.4 Å². The van der Waals surface area contributed by atoms with Crippen molar-refractivity contribution in [3.63, 3.8) is 0 Å². The lowest BCUT2D eigenvalue weighted by molar-refractivity contribution is -0.143. The standard InChI is InChI=1S/C20H30FNO3/c1-20(2,11-10-14-6-8-15(9-7-14)19(24)25)22-13-18(23)16-4-3-5-17(21)12-16/h3-5,12,14-15,18,22-23H,6-11,13H2,1-2H3,(H,24,25). The molecule has 0 amide bonds. The Morgan fingerprint density at radius 3 is 2.60 bits per heavy atom. The van der Waals surface area contributed by atoms with Gasteiger partial charge < -0.3 is 15.5 Å². The molecule has 0 aliphatic heterocycles. The summed E-state index contributed by atoms with van der Waals surface area (Å²) in [4.78, 5) is 11.0. The van der Waals surface area contributed by atoms with Gasteiger partial charge in [-0.1, -0.05) is 12.1 Å². The van der Waals surface area contributed by atoms with Crippen LogP contribution in [-0.2, 0) is 4.79 Å². The molecule has 1 atom stereocenters. The average molecular weight is 351 g/mol. The number of halogens is 1. The number of β-amino-alcohol motifs (C(OH)–C–C–N with tert-alkyl or cyclic N) is 1. The number of aliphatic hydroxyl groups is 1. The van der Waals surface area contributed by atoms with Crippen LogP contribution >= 0.6 is 0 Å². The van der Waals surface area contributed by atoms with Crippen molar-refractivity contribution in [2.45, 2.75) is 64.0 Å². The second kappa shape index (κ2) is 8.77. The van der Waals surface area contributed by atoms with Crippen molar-refractivity contribution in [2.75, 3.05) is 6.54 Å². The molecule has 1 aliphatic rings. The van der Waals surface area contributed by atoms with Crippen molar-refractivity contribution in [3.8, 4) is 0 Å². The quantitative estimate of drug-likeness (QED) is 0.664. The van der Waals surface area contributed by atoms with Gasteiger partial charge in [0.15, 0.2) is 0 Å². The number of aliphatic carboxylic acids is 1. The van der Waals surface area contributed by atoms with E-state index in [0.29, 0.717) is 18.0 Å². The summed E-state index contributed by atoms with van der Waals surface area (Å²) in [5, 5.41) is 22.7. The first-order valence-corrected chi connectivity index (χ1v) is 9.18. The van der Waals surface area contributed by atoms with E-state index in [1.54, 1.807) is 12.1 Å². The molecule has 2 rings (SSSR count). The van der Waals surface area contributed by atoms with Crippen LogP contribution in [0.1, 0.15) is 64.0 Å². The zero-order valence-electron chi connectivity index (χ0n) is 15.2. The zero-order valence-corrected chi connectivity index (χ0v) is 15.2. The lowest BCUT2D eigenvalue weighted by Gasteiger charge is -2.32. The summed E-state index contributed by atoms with van der Waals surface area (Å²) in [5.74, 6) is -0.576. The van der Waals surface area contributed by atoms with E-state index < -0.39 is 12.1 Å². The number of hydrogen-bond acceptors (Lipinski definition) is 3. The first kappa shape index (κ1) is 19.9. The van der Waals surface area contributed by atoms with Crippen LogP contribution in [0.25, 0.3) is 0 Å². The maximum Gasteiger partial charge on any atom is 0.306 e. The smallest absolute Gasteiger partial charge is 0.306 e. The number of hydrogen-bond donors (Lipinski definition) is 3. The first-order chi connectivity index (χ1) is 11.8. The number of benzene rings is 1. The Hall–Kier alpha value is -1.46. The van der Waals surface area contributed by atoms with Crippen LogP contribution in [0, 0.1) is 17.7 Å². The fourth-order valence-electron chi connectivity index (χ4n) is 3.56. The molecule has 1 aromatic carbocycles. The van der Waals surface area contributed by atoms with Crippen LogP contribution in [-0.4, -0.2) is 28.3 Å².